The molecule has 1 aliphatic carbocycles. The Bertz CT molecular complexity index is 496. The number of carbonyl (C=O) groups is 2. The van der Waals surface area contributed by atoms with Crippen molar-refractivity contribution in [2.24, 2.45) is 0 Å². The van der Waals surface area contributed by atoms with E-state index < -0.39 is 0 Å². The second kappa shape index (κ2) is 6.53. The quantitative estimate of drug-likeness (QED) is 0.794. The van der Waals surface area contributed by atoms with E-state index in [2.05, 4.69) is 0 Å². The van der Waals surface area contributed by atoms with Gasteiger partial charge in [0.2, 0.25) is 5.91 Å². The predicted octanol–water partition coefficient (Wildman–Crippen LogP) is 2.89. The molecule has 0 bridgehead atoms. The number of hydrogen-bond acceptors (Lipinski definition) is 2. The van der Waals surface area contributed by atoms with Crippen LogP contribution >= 0.6 is 11.6 Å². The normalized spacial score (nSPS) is 15.0. The number of allylic oxidation sites excluding steroid dienone is 2. The Labute approximate surface area is 117 Å². The third-order valence-corrected chi connectivity index (χ3v) is 3.36. The second-order valence-corrected chi connectivity index (χ2v) is 4.82. The van der Waals surface area contributed by atoms with Crippen LogP contribution in [0.4, 0.5) is 0 Å². The average molecular weight is 278 g/mol. The van der Waals surface area contributed by atoms with Crippen molar-refractivity contribution in [1.29, 1.82) is 0 Å². The fourth-order valence-electron chi connectivity index (χ4n) is 2.17. The van der Waals surface area contributed by atoms with Crippen molar-refractivity contribution in [3.8, 4) is 0 Å². The summed E-state index contributed by atoms with van der Waals surface area (Å²) in [5.74, 6) is -0.147. The maximum Gasteiger partial charge on any atom is 0.241 e. The van der Waals surface area contributed by atoms with E-state index in [1.54, 1.807) is 11.0 Å². The lowest BCUT2D eigenvalue weighted by Gasteiger charge is -2.26. The molecule has 19 heavy (non-hydrogen) atoms. The van der Waals surface area contributed by atoms with Crippen molar-refractivity contribution in [1.82, 2.24) is 4.90 Å². The predicted molar refractivity (Wildman–Crippen MR) is 74.7 cm³/mol. The summed E-state index contributed by atoms with van der Waals surface area (Å²) in [6.07, 6.45) is 3.70. The molecule has 0 aromatic heterocycles. The molecule has 1 amide bonds. The molecule has 0 aliphatic heterocycles. The van der Waals surface area contributed by atoms with Gasteiger partial charge in [0, 0.05) is 18.2 Å². The molecule has 100 valence electrons. The molecule has 1 aromatic rings. The molecule has 0 unspecified atom stereocenters. The molecular formula is C15H16ClNO2. The summed E-state index contributed by atoms with van der Waals surface area (Å²) < 4.78 is 0. The van der Waals surface area contributed by atoms with Gasteiger partial charge in [0.05, 0.1) is 6.54 Å². The zero-order chi connectivity index (χ0) is 13.7. The topological polar surface area (TPSA) is 37.4 Å². The van der Waals surface area contributed by atoms with Gasteiger partial charge in [-0.3, -0.25) is 9.59 Å². The monoisotopic (exact) mass is 277 g/mol. The van der Waals surface area contributed by atoms with E-state index in [1.807, 2.05) is 30.3 Å². The Morgan fingerprint density at radius 1 is 1.21 bits per heavy atom. The zero-order valence-electron chi connectivity index (χ0n) is 10.6. The third-order valence-electron chi connectivity index (χ3n) is 3.13. The Morgan fingerprint density at radius 3 is 2.58 bits per heavy atom. The van der Waals surface area contributed by atoms with E-state index in [1.165, 1.54) is 0 Å². The van der Waals surface area contributed by atoms with Gasteiger partial charge < -0.3 is 4.90 Å². The van der Waals surface area contributed by atoms with Gasteiger partial charge in [-0.1, -0.05) is 30.3 Å². The van der Waals surface area contributed by atoms with Crippen molar-refractivity contribution in [2.45, 2.75) is 25.8 Å². The molecule has 0 saturated heterocycles. The highest BCUT2D eigenvalue weighted by molar-refractivity contribution is 6.27. The number of rotatable bonds is 4. The number of benzene rings is 1. The van der Waals surface area contributed by atoms with Crippen LogP contribution in [-0.2, 0) is 16.1 Å². The molecule has 0 atom stereocenters. The van der Waals surface area contributed by atoms with Crippen LogP contribution in [0.5, 0.6) is 0 Å². The zero-order valence-corrected chi connectivity index (χ0v) is 11.4. The minimum absolute atomic E-state index is 0.0711. The molecule has 0 fully saturated rings. The van der Waals surface area contributed by atoms with E-state index in [0.29, 0.717) is 13.0 Å². The molecule has 0 spiro atoms. The number of carbonyl (C=O) groups excluding carboxylic acids is 2. The van der Waals surface area contributed by atoms with Gasteiger partial charge in [-0.2, -0.15) is 0 Å². The smallest absolute Gasteiger partial charge is 0.241 e. The van der Waals surface area contributed by atoms with Crippen LogP contribution in [0, 0.1) is 0 Å². The average Bonchev–Trinajstić information content (AvgIpc) is 2.45. The van der Waals surface area contributed by atoms with Gasteiger partial charge in [-0.25, -0.2) is 0 Å². The largest absolute Gasteiger partial charge is 0.311 e. The lowest BCUT2D eigenvalue weighted by molar-refractivity contribution is -0.127. The van der Waals surface area contributed by atoms with E-state index in [4.69, 9.17) is 11.6 Å². The molecule has 3 nitrogen and oxygen atoms in total. The highest BCUT2D eigenvalue weighted by atomic mass is 35.5. The minimum atomic E-state index is -0.161. The van der Waals surface area contributed by atoms with E-state index in [9.17, 15) is 9.59 Å². The Kier molecular flexibility index (Phi) is 4.74. The minimum Gasteiger partial charge on any atom is -0.311 e. The fraction of sp³-hybridized carbons (Fsp3) is 0.333. The van der Waals surface area contributed by atoms with E-state index in [-0.39, 0.29) is 17.6 Å². The molecular weight excluding hydrogens is 262 g/mol. The highest BCUT2D eigenvalue weighted by Gasteiger charge is 2.21. The number of halogens is 1. The van der Waals surface area contributed by atoms with Crippen LogP contribution in [-0.4, -0.2) is 22.5 Å². The first-order chi connectivity index (χ1) is 9.20. The number of hydrogen-bond donors (Lipinski definition) is 0. The van der Waals surface area contributed by atoms with E-state index >= 15 is 0 Å². The third kappa shape index (κ3) is 3.67. The first-order valence-corrected chi connectivity index (χ1v) is 6.88. The van der Waals surface area contributed by atoms with Crippen LogP contribution in [0.3, 0.4) is 0 Å². The first-order valence-electron chi connectivity index (χ1n) is 6.34. The van der Waals surface area contributed by atoms with Crippen molar-refractivity contribution in [2.75, 3.05) is 5.88 Å². The van der Waals surface area contributed by atoms with Crippen LogP contribution < -0.4 is 0 Å². The molecule has 4 heteroatoms. The second-order valence-electron chi connectivity index (χ2n) is 4.55. The summed E-state index contributed by atoms with van der Waals surface area (Å²) in [7, 11) is 0. The van der Waals surface area contributed by atoms with Crippen molar-refractivity contribution in [3.63, 3.8) is 0 Å². The van der Waals surface area contributed by atoms with Gasteiger partial charge in [-0.05, 0) is 18.4 Å². The van der Waals surface area contributed by atoms with Gasteiger partial charge in [0.15, 0.2) is 5.78 Å². The number of amides is 1. The fourth-order valence-corrected chi connectivity index (χ4v) is 2.32. The summed E-state index contributed by atoms with van der Waals surface area (Å²) in [6.45, 7) is 0.464. The molecule has 1 aliphatic rings. The van der Waals surface area contributed by atoms with Crippen molar-refractivity contribution < 1.29 is 9.59 Å². The van der Waals surface area contributed by atoms with Crippen molar-refractivity contribution >= 4 is 23.3 Å². The number of ketones is 1. The molecule has 0 radical (unpaired) electrons. The molecule has 1 aromatic carbocycles. The lowest BCUT2D eigenvalue weighted by atomic mass is 10.0. The summed E-state index contributed by atoms with van der Waals surface area (Å²) in [5.41, 5.74) is 1.81. The maximum absolute atomic E-state index is 12.0. The summed E-state index contributed by atoms with van der Waals surface area (Å²) >= 11 is 5.67. The molecule has 0 heterocycles. The maximum atomic E-state index is 12.0. The van der Waals surface area contributed by atoms with Crippen LogP contribution in [0.25, 0.3) is 0 Å². The highest BCUT2D eigenvalue weighted by Crippen LogP contribution is 2.21. The first kappa shape index (κ1) is 13.8. The van der Waals surface area contributed by atoms with Crippen LogP contribution in [0.1, 0.15) is 24.8 Å². The molecule has 0 saturated carbocycles. The van der Waals surface area contributed by atoms with Crippen LogP contribution in [0.15, 0.2) is 42.1 Å². The summed E-state index contributed by atoms with van der Waals surface area (Å²) in [5, 5.41) is 0. The summed E-state index contributed by atoms with van der Waals surface area (Å²) in [6, 6.07) is 9.71. The Hall–Kier alpha value is -1.61. The molecule has 0 N–H and O–H groups in total. The Morgan fingerprint density at radius 2 is 1.95 bits per heavy atom. The van der Waals surface area contributed by atoms with Crippen LogP contribution in [0.2, 0.25) is 0 Å². The van der Waals surface area contributed by atoms with Gasteiger partial charge >= 0.3 is 0 Å². The lowest BCUT2D eigenvalue weighted by Crippen LogP contribution is -2.32. The standard InChI is InChI=1S/C15H16ClNO2/c16-10-15(19)17(11-12-5-2-1-3-6-12)13-7-4-8-14(18)9-13/h1-3,5-6,9H,4,7-8,10-11H2. The number of alkyl halides is 1. The Balaban J connectivity index is 2.21. The molecule has 2 rings (SSSR count). The van der Waals surface area contributed by atoms with Gasteiger partial charge in [-0.15, -0.1) is 11.6 Å². The summed E-state index contributed by atoms with van der Waals surface area (Å²) in [4.78, 5) is 25.1. The van der Waals surface area contributed by atoms with Crippen molar-refractivity contribution in [3.05, 3.63) is 47.7 Å². The SMILES string of the molecule is O=C1C=C(N(Cc2ccccc2)C(=O)CCl)CCC1. The van der Waals surface area contributed by atoms with Gasteiger partial charge in [0.1, 0.15) is 5.88 Å². The number of nitrogens with zero attached hydrogens (tertiary/aromatic N) is 1. The van der Waals surface area contributed by atoms with E-state index in [0.717, 1.165) is 24.1 Å². The van der Waals surface area contributed by atoms with Gasteiger partial charge in [0.25, 0.3) is 0 Å².